The van der Waals surface area contributed by atoms with Crippen molar-refractivity contribution < 1.29 is 9.47 Å². The number of halogens is 1. The molecule has 0 spiro atoms. The minimum absolute atomic E-state index is 0.234. The highest BCUT2D eigenvalue weighted by Gasteiger charge is 2.15. The van der Waals surface area contributed by atoms with Crippen molar-refractivity contribution in [3.05, 3.63) is 59.2 Å². The summed E-state index contributed by atoms with van der Waals surface area (Å²) in [5.74, 6) is 1.89. The average Bonchev–Trinajstić information content (AvgIpc) is 3.09. The molecule has 126 valence electrons. The van der Waals surface area contributed by atoms with Gasteiger partial charge in [0.25, 0.3) is 0 Å². The maximum atomic E-state index is 6.02. The molecule has 6 nitrogen and oxygen atoms in total. The Labute approximate surface area is 149 Å². The number of nitrogens with zero attached hydrogens (tertiary/aromatic N) is 2. The van der Waals surface area contributed by atoms with E-state index in [1.165, 1.54) is 0 Å². The Hall–Kier alpha value is -2.83. The summed E-state index contributed by atoms with van der Waals surface area (Å²) in [6.45, 7) is 0.544. The first-order chi connectivity index (χ1) is 12.2. The molecule has 0 saturated heterocycles. The van der Waals surface area contributed by atoms with Crippen LogP contribution in [0.5, 0.6) is 11.5 Å². The van der Waals surface area contributed by atoms with Crippen LogP contribution in [0.1, 0.15) is 5.69 Å². The van der Waals surface area contributed by atoms with Crippen molar-refractivity contribution >= 4 is 23.2 Å². The second-order valence-electron chi connectivity index (χ2n) is 5.48. The Balaban J connectivity index is 1.71. The number of hydrogen-bond donors (Lipinski definition) is 2. The largest absolute Gasteiger partial charge is 0.454 e. The maximum Gasteiger partial charge on any atom is 0.231 e. The predicted molar refractivity (Wildman–Crippen MR) is 96.2 cm³/mol. The van der Waals surface area contributed by atoms with Crippen molar-refractivity contribution in [2.24, 2.45) is 5.73 Å². The number of anilines is 2. The molecule has 3 N–H and O–H groups in total. The Morgan fingerprint density at radius 1 is 1.04 bits per heavy atom. The summed E-state index contributed by atoms with van der Waals surface area (Å²) in [7, 11) is 0. The second kappa shape index (κ2) is 6.58. The molecule has 2 aromatic carbocycles. The van der Waals surface area contributed by atoms with E-state index < -0.39 is 0 Å². The fourth-order valence-electron chi connectivity index (χ4n) is 2.56. The van der Waals surface area contributed by atoms with Gasteiger partial charge in [-0.05, 0) is 42.5 Å². The third-order valence-corrected chi connectivity index (χ3v) is 3.97. The molecule has 0 unspecified atom stereocenters. The number of benzene rings is 2. The van der Waals surface area contributed by atoms with E-state index in [0.717, 1.165) is 28.4 Å². The number of fused-ring (bicyclic) bond motifs is 1. The standard InChI is InChI=1S/C18H15ClN4O2/c19-12-2-1-3-13(7-12)21-18-22-14(9-20)8-15(23-18)11-4-5-16-17(6-11)25-10-24-16/h1-8H,9-10,20H2,(H,21,22,23). The summed E-state index contributed by atoms with van der Waals surface area (Å²) in [4.78, 5) is 9.01. The van der Waals surface area contributed by atoms with Crippen molar-refractivity contribution in [2.75, 3.05) is 12.1 Å². The molecule has 0 amide bonds. The number of aromatic nitrogens is 2. The Morgan fingerprint density at radius 2 is 1.92 bits per heavy atom. The molecular weight excluding hydrogens is 340 g/mol. The van der Waals surface area contributed by atoms with Crippen molar-refractivity contribution in [1.29, 1.82) is 0 Å². The van der Waals surface area contributed by atoms with Crippen LogP contribution in [0.25, 0.3) is 11.3 Å². The predicted octanol–water partition coefficient (Wildman–Crippen LogP) is 3.73. The summed E-state index contributed by atoms with van der Waals surface area (Å²) in [5, 5.41) is 3.80. The highest BCUT2D eigenvalue weighted by Crippen LogP contribution is 2.35. The fourth-order valence-corrected chi connectivity index (χ4v) is 2.75. The van der Waals surface area contributed by atoms with Gasteiger partial charge >= 0.3 is 0 Å². The first-order valence-corrected chi connectivity index (χ1v) is 8.10. The van der Waals surface area contributed by atoms with Gasteiger partial charge in [0.05, 0.1) is 11.4 Å². The van der Waals surface area contributed by atoms with E-state index in [1.807, 2.05) is 42.5 Å². The summed E-state index contributed by atoms with van der Waals surface area (Å²) >= 11 is 6.02. The van der Waals surface area contributed by atoms with Gasteiger partial charge in [0.2, 0.25) is 12.7 Å². The zero-order chi connectivity index (χ0) is 17.2. The smallest absolute Gasteiger partial charge is 0.231 e. The number of ether oxygens (including phenoxy) is 2. The van der Waals surface area contributed by atoms with Gasteiger partial charge in [0.15, 0.2) is 11.5 Å². The third kappa shape index (κ3) is 3.35. The lowest BCUT2D eigenvalue weighted by Crippen LogP contribution is -2.05. The zero-order valence-electron chi connectivity index (χ0n) is 13.2. The van der Waals surface area contributed by atoms with Gasteiger partial charge in [-0.2, -0.15) is 0 Å². The van der Waals surface area contributed by atoms with Crippen LogP contribution in [0.15, 0.2) is 48.5 Å². The van der Waals surface area contributed by atoms with Gasteiger partial charge in [0.1, 0.15) is 0 Å². The van der Waals surface area contributed by atoms with E-state index in [2.05, 4.69) is 15.3 Å². The molecule has 0 radical (unpaired) electrons. The monoisotopic (exact) mass is 354 g/mol. The molecule has 0 aliphatic carbocycles. The molecular formula is C18H15ClN4O2. The van der Waals surface area contributed by atoms with Gasteiger partial charge in [-0.25, -0.2) is 9.97 Å². The van der Waals surface area contributed by atoms with Gasteiger partial charge in [0, 0.05) is 22.8 Å². The quantitative estimate of drug-likeness (QED) is 0.743. The van der Waals surface area contributed by atoms with Crippen LogP contribution in [0.3, 0.4) is 0 Å². The molecule has 0 fully saturated rings. The number of nitrogens with two attached hydrogens (primary N) is 1. The van der Waals surface area contributed by atoms with Crippen molar-refractivity contribution in [3.63, 3.8) is 0 Å². The number of hydrogen-bond acceptors (Lipinski definition) is 6. The molecule has 3 aromatic rings. The van der Waals surface area contributed by atoms with E-state index in [9.17, 15) is 0 Å². The first-order valence-electron chi connectivity index (χ1n) is 7.72. The van der Waals surface area contributed by atoms with Crippen LogP contribution < -0.4 is 20.5 Å². The lowest BCUT2D eigenvalue weighted by Gasteiger charge is -2.10. The van der Waals surface area contributed by atoms with Gasteiger partial charge < -0.3 is 20.5 Å². The van der Waals surface area contributed by atoms with Crippen LogP contribution in [0.4, 0.5) is 11.6 Å². The Kier molecular flexibility index (Phi) is 4.13. The molecule has 7 heteroatoms. The highest BCUT2D eigenvalue weighted by molar-refractivity contribution is 6.30. The zero-order valence-corrected chi connectivity index (χ0v) is 14.0. The fraction of sp³-hybridized carbons (Fsp3) is 0.111. The van der Waals surface area contributed by atoms with Gasteiger partial charge in [-0.15, -0.1) is 0 Å². The van der Waals surface area contributed by atoms with Crippen LogP contribution in [-0.4, -0.2) is 16.8 Å². The van der Waals surface area contributed by atoms with Crippen LogP contribution in [0, 0.1) is 0 Å². The number of nitrogens with one attached hydrogen (secondary N) is 1. The Morgan fingerprint density at radius 3 is 2.76 bits per heavy atom. The summed E-state index contributed by atoms with van der Waals surface area (Å²) in [6.07, 6.45) is 0. The molecule has 0 bridgehead atoms. The van der Waals surface area contributed by atoms with Gasteiger partial charge in [-0.3, -0.25) is 0 Å². The second-order valence-corrected chi connectivity index (χ2v) is 5.91. The SMILES string of the molecule is NCc1cc(-c2ccc3c(c2)OCO3)nc(Nc2cccc(Cl)c2)n1. The summed E-state index contributed by atoms with van der Waals surface area (Å²) < 4.78 is 10.8. The number of rotatable bonds is 4. The lowest BCUT2D eigenvalue weighted by atomic mass is 10.1. The normalized spacial score (nSPS) is 12.2. The van der Waals surface area contributed by atoms with E-state index in [-0.39, 0.29) is 6.79 Å². The highest BCUT2D eigenvalue weighted by atomic mass is 35.5. The van der Waals surface area contributed by atoms with Crippen molar-refractivity contribution in [2.45, 2.75) is 6.54 Å². The van der Waals surface area contributed by atoms with E-state index in [4.69, 9.17) is 26.8 Å². The topological polar surface area (TPSA) is 82.3 Å². The van der Waals surface area contributed by atoms with Crippen LogP contribution >= 0.6 is 11.6 Å². The summed E-state index contributed by atoms with van der Waals surface area (Å²) in [5.41, 5.74) is 8.97. The molecule has 2 heterocycles. The molecule has 0 saturated carbocycles. The van der Waals surface area contributed by atoms with Gasteiger partial charge in [-0.1, -0.05) is 17.7 Å². The molecule has 1 aliphatic rings. The van der Waals surface area contributed by atoms with Crippen molar-refractivity contribution in [1.82, 2.24) is 9.97 Å². The van der Waals surface area contributed by atoms with Crippen molar-refractivity contribution in [3.8, 4) is 22.8 Å². The molecule has 1 aliphatic heterocycles. The third-order valence-electron chi connectivity index (χ3n) is 3.74. The minimum atomic E-state index is 0.234. The maximum absolute atomic E-state index is 6.02. The van der Waals surface area contributed by atoms with E-state index >= 15 is 0 Å². The first kappa shape index (κ1) is 15.7. The minimum Gasteiger partial charge on any atom is -0.454 e. The molecule has 4 rings (SSSR count). The molecule has 25 heavy (non-hydrogen) atoms. The van der Waals surface area contributed by atoms with E-state index in [1.54, 1.807) is 6.07 Å². The Bertz CT molecular complexity index is 933. The summed E-state index contributed by atoms with van der Waals surface area (Å²) in [6, 6.07) is 14.9. The average molecular weight is 355 g/mol. The molecule has 0 atom stereocenters. The molecule has 1 aromatic heterocycles. The van der Waals surface area contributed by atoms with E-state index in [0.29, 0.717) is 23.3 Å². The van der Waals surface area contributed by atoms with Crippen LogP contribution in [-0.2, 0) is 6.54 Å². The van der Waals surface area contributed by atoms with Crippen LogP contribution in [0.2, 0.25) is 5.02 Å². The lowest BCUT2D eigenvalue weighted by molar-refractivity contribution is 0.174.